The van der Waals surface area contributed by atoms with Gasteiger partial charge in [0.2, 0.25) is 0 Å². The van der Waals surface area contributed by atoms with Crippen molar-refractivity contribution in [2.75, 3.05) is 12.3 Å². The van der Waals surface area contributed by atoms with Crippen LogP contribution >= 0.6 is 0 Å². The van der Waals surface area contributed by atoms with Crippen molar-refractivity contribution < 1.29 is 19.4 Å². The zero-order chi connectivity index (χ0) is 16.8. The van der Waals surface area contributed by atoms with Gasteiger partial charge in [-0.05, 0) is 6.92 Å². The Balaban J connectivity index is 1.86. The predicted octanol–water partition coefficient (Wildman–Crippen LogP) is -0.433. The molecule has 2 aromatic heterocycles. The number of aliphatic carboxylic acids is 1. The molecule has 3 N–H and O–H groups in total. The molecule has 0 aliphatic heterocycles. The van der Waals surface area contributed by atoms with Crippen molar-refractivity contribution in [3.63, 3.8) is 0 Å². The number of aryl methyl sites for hydroxylation is 1. The minimum Gasteiger partial charge on any atom is -0.481 e. The van der Waals surface area contributed by atoms with E-state index >= 15 is 0 Å². The first kappa shape index (κ1) is 16.3. The first-order chi connectivity index (χ1) is 10.9. The fraction of sp³-hybridized carbons (Fsp3) is 0.385. The molecule has 2 aromatic rings. The van der Waals surface area contributed by atoms with Gasteiger partial charge in [0, 0.05) is 24.4 Å². The molecule has 2 heterocycles. The van der Waals surface area contributed by atoms with Gasteiger partial charge in [0.05, 0.1) is 18.8 Å². The number of carbonyl (C=O) groups excluding carboxylic acids is 1. The number of ether oxygens (including phenoxy) is 1. The minimum atomic E-state index is -1.22. The van der Waals surface area contributed by atoms with Crippen molar-refractivity contribution in [2.45, 2.75) is 26.3 Å². The topological polar surface area (TPSA) is 146 Å². The van der Waals surface area contributed by atoms with E-state index in [1.54, 1.807) is 24.0 Å². The Labute approximate surface area is 131 Å². The summed E-state index contributed by atoms with van der Waals surface area (Å²) in [7, 11) is 0. The molecule has 23 heavy (non-hydrogen) atoms. The van der Waals surface area contributed by atoms with E-state index in [1.807, 2.05) is 0 Å². The van der Waals surface area contributed by atoms with E-state index < -0.39 is 18.4 Å². The Hall–Kier alpha value is -3.04. The van der Waals surface area contributed by atoms with Gasteiger partial charge in [-0.1, -0.05) is 5.21 Å². The maximum atomic E-state index is 11.1. The summed E-state index contributed by atoms with van der Waals surface area (Å²) >= 11 is 0. The van der Waals surface area contributed by atoms with Gasteiger partial charge in [0.15, 0.2) is 0 Å². The van der Waals surface area contributed by atoms with Crippen LogP contribution in [0, 0.1) is 6.92 Å². The van der Waals surface area contributed by atoms with E-state index in [-0.39, 0.29) is 6.61 Å². The van der Waals surface area contributed by atoms with Crippen LogP contribution in [0.2, 0.25) is 0 Å². The van der Waals surface area contributed by atoms with Gasteiger partial charge in [0.25, 0.3) is 0 Å². The summed E-state index contributed by atoms with van der Waals surface area (Å²) in [6.45, 7) is 2.16. The maximum absolute atomic E-state index is 11.1. The van der Waals surface area contributed by atoms with Crippen LogP contribution in [0.15, 0.2) is 12.4 Å². The number of nitrogen functional groups attached to an aromatic ring is 1. The third-order valence-corrected chi connectivity index (χ3v) is 2.85. The second-order valence-corrected chi connectivity index (χ2v) is 4.78. The van der Waals surface area contributed by atoms with Crippen LogP contribution in [0.5, 0.6) is 0 Å². The number of hydrogen-bond donors (Lipinski definition) is 2. The zero-order valence-corrected chi connectivity index (χ0v) is 12.5. The van der Waals surface area contributed by atoms with Crippen LogP contribution < -0.4 is 5.73 Å². The number of aromatic nitrogens is 5. The molecule has 0 spiro atoms. The normalized spacial score (nSPS) is 10.5. The Kier molecular flexibility index (Phi) is 5.18. The Morgan fingerprint density at radius 2 is 2.22 bits per heavy atom. The number of nitrogens with two attached hydrogens (primary N) is 1. The number of hydrogen-bond acceptors (Lipinski definition) is 8. The van der Waals surface area contributed by atoms with Crippen LogP contribution in [0.1, 0.15) is 23.5 Å². The molecule has 2 rings (SSSR count). The van der Waals surface area contributed by atoms with Gasteiger partial charge >= 0.3 is 11.9 Å². The van der Waals surface area contributed by atoms with Crippen molar-refractivity contribution in [3.05, 3.63) is 29.5 Å². The second-order valence-electron chi connectivity index (χ2n) is 4.78. The standard InChI is InChI=1S/C13H16N6O4/c1-8-15-5-9(13(14)16-8)6-19-7-10(17-18-19)2-3-23-12(22)4-11(20)21/h5,7H,2-4,6H2,1H3,(H,20,21)(H2,14,15,16). The summed E-state index contributed by atoms with van der Waals surface area (Å²) in [6, 6.07) is 0. The average molecular weight is 320 g/mol. The molecule has 0 fully saturated rings. The first-order valence-electron chi connectivity index (χ1n) is 6.78. The number of rotatable bonds is 7. The quantitative estimate of drug-likeness (QED) is 0.512. The molecule has 0 bridgehead atoms. The lowest BCUT2D eigenvalue weighted by atomic mass is 10.3. The van der Waals surface area contributed by atoms with Crippen molar-refractivity contribution in [2.24, 2.45) is 0 Å². The molecular formula is C13H16N6O4. The van der Waals surface area contributed by atoms with Crippen molar-refractivity contribution in [1.82, 2.24) is 25.0 Å². The zero-order valence-electron chi connectivity index (χ0n) is 12.5. The average Bonchev–Trinajstić information content (AvgIpc) is 2.89. The highest BCUT2D eigenvalue weighted by atomic mass is 16.5. The summed E-state index contributed by atoms with van der Waals surface area (Å²) in [5, 5.41) is 16.3. The Morgan fingerprint density at radius 3 is 2.91 bits per heavy atom. The van der Waals surface area contributed by atoms with Gasteiger partial charge in [-0.25, -0.2) is 14.6 Å². The van der Waals surface area contributed by atoms with E-state index in [2.05, 4.69) is 20.3 Å². The van der Waals surface area contributed by atoms with Crippen molar-refractivity contribution >= 4 is 17.8 Å². The maximum Gasteiger partial charge on any atom is 0.317 e. The van der Waals surface area contributed by atoms with E-state index in [0.717, 1.165) is 5.56 Å². The van der Waals surface area contributed by atoms with Crippen molar-refractivity contribution in [3.8, 4) is 0 Å². The first-order valence-corrected chi connectivity index (χ1v) is 6.78. The lowest BCUT2D eigenvalue weighted by molar-refractivity contribution is -0.151. The SMILES string of the molecule is Cc1ncc(Cn2cc(CCOC(=O)CC(=O)O)nn2)c(N)n1. The molecule has 0 atom stereocenters. The highest BCUT2D eigenvalue weighted by Crippen LogP contribution is 2.09. The molecule has 0 aliphatic carbocycles. The largest absolute Gasteiger partial charge is 0.481 e. The molecule has 122 valence electrons. The Bertz CT molecular complexity index is 714. The molecular weight excluding hydrogens is 304 g/mol. The predicted molar refractivity (Wildman–Crippen MR) is 77.2 cm³/mol. The number of esters is 1. The third-order valence-electron chi connectivity index (χ3n) is 2.85. The molecule has 0 radical (unpaired) electrons. The van der Waals surface area contributed by atoms with E-state index in [1.165, 1.54) is 0 Å². The van der Waals surface area contributed by atoms with E-state index in [4.69, 9.17) is 15.6 Å². The highest BCUT2D eigenvalue weighted by molar-refractivity contribution is 5.90. The fourth-order valence-corrected chi connectivity index (χ4v) is 1.78. The van der Waals surface area contributed by atoms with Gasteiger partial charge in [-0.3, -0.25) is 9.59 Å². The summed E-state index contributed by atoms with van der Waals surface area (Å²) in [5.41, 5.74) is 7.14. The Morgan fingerprint density at radius 1 is 1.43 bits per heavy atom. The molecule has 0 saturated heterocycles. The van der Waals surface area contributed by atoms with Crippen LogP contribution in [-0.4, -0.2) is 48.6 Å². The van der Waals surface area contributed by atoms with Gasteiger partial charge in [0.1, 0.15) is 18.1 Å². The number of carbonyl (C=O) groups is 2. The van der Waals surface area contributed by atoms with E-state index in [9.17, 15) is 9.59 Å². The molecule has 0 amide bonds. The van der Waals surface area contributed by atoms with Gasteiger partial charge in [-0.15, -0.1) is 5.10 Å². The number of carboxylic acid groups (broad SMARTS) is 1. The van der Waals surface area contributed by atoms with Crippen molar-refractivity contribution in [1.29, 1.82) is 0 Å². The summed E-state index contributed by atoms with van der Waals surface area (Å²) in [4.78, 5) is 29.6. The third kappa shape index (κ3) is 5.02. The molecule has 0 aliphatic rings. The van der Waals surface area contributed by atoms with Gasteiger partial charge in [-0.2, -0.15) is 0 Å². The molecule has 0 aromatic carbocycles. The van der Waals surface area contributed by atoms with Crippen LogP contribution in [0.25, 0.3) is 0 Å². The summed E-state index contributed by atoms with van der Waals surface area (Å²) in [6.07, 6.45) is 3.00. The second kappa shape index (κ2) is 7.29. The smallest absolute Gasteiger partial charge is 0.317 e. The van der Waals surface area contributed by atoms with Crippen LogP contribution in [0.3, 0.4) is 0 Å². The number of nitrogens with zero attached hydrogens (tertiary/aromatic N) is 5. The fourth-order valence-electron chi connectivity index (χ4n) is 1.78. The molecule has 0 unspecified atom stereocenters. The van der Waals surface area contributed by atoms with E-state index in [0.29, 0.717) is 30.3 Å². The highest BCUT2D eigenvalue weighted by Gasteiger charge is 2.10. The lowest BCUT2D eigenvalue weighted by Crippen LogP contribution is -2.12. The monoisotopic (exact) mass is 320 g/mol. The molecule has 10 nitrogen and oxygen atoms in total. The minimum absolute atomic E-state index is 0.0423. The molecule has 10 heteroatoms. The lowest BCUT2D eigenvalue weighted by Gasteiger charge is -2.04. The molecule has 0 saturated carbocycles. The number of carboxylic acids is 1. The van der Waals surface area contributed by atoms with Gasteiger partial charge < -0.3 is 15.6 Å². The summed E-state index contributed by atoms with van der Waals surface area (Å²) < 4.78 is 6.35. The van der Waals surface area contributed by atoms with Crippen LogP contribution in [-0.2, 0) is 27.3 Å². The summed E-state index contributed by atoms with van der Waals surface area (Å²) in [5.74, 6) is -1.03. The van der Waals surface area contributed by atoms with Crippen LogP contribution in [0.4, 0.5) is 5.82 Å². The number of anilines is 1.